The van der Waals surface area contributed by atoms with Crippen molar-refractivity contribution in [2.45, 2.75) is 24.4 Å². The molecule has 11 rings (SSSR count). The number of rotatable bonds is 0. The Morgan fingerprint density at radius 2 is 0.450 bits per heavy atom. The third-order valence-corrected chi connectivity index (χ3v) is 7.04. The van der Waals surface area contributed by atoms with Crippen LogP contribution in [-0.2, 0) is 0 Å². The highest BCUT2D eigenvalue weighted by atomic mass is 16.3. The molecule has 0 unspecified atom stereocenters. The summed E-state index contributed by atoms with van der Waals surface area (Å²) in [6, 6.07) is 22.4. The minimum atomic E-state index is -1.53. The second-order valence-corrected chi connectivity index (χ2v) is 9.56. The van der Waals surface area contributed by atoms with Gasteiger partial charge in [-0.2, -0.15) is 0 Å². The molecule has 0 aliphatic heterocycles. The van der Waals surface area contributed by atoms with E-state index in [0.29, 0.717) is 0 Å². The highest BCUT2D eigenvalue weighted by molar-refractivity contribution is 6.03. The minimum Gasteiger partial charge on any atom is -0.380 e. The molecule has 0 saturated carbocycles. The van der Waals surface area contributed by atoms with Gasteiger partial charge in [-0.15, -0.1) is 0 Å². The molecule has 0 fully saturated rings. The van der Waals surface area contributed by atoms with Crippen molar-refractivity contribution in [2.75, 3.05) is 0 Å². The zero-order chi connectivity index (χ0) is 28.6. The zero-order valence-corrected chi connectivity index (χ0v) is 21.0. The van der Waals surface area contributed by atoms with Gasteiger partial charge in [0, 0.05) is 22.3 Å². The van der Waals surface area contributed by atoms with E-state index in [1.54, 1.807) is 0 Å². The summed E-state index contributed by atoms with van der Waals surface area (Å²) in [4.78, 5) is 51.5. The van der Waals surface area contributed by atoms with E-state index < -0.39 is 47.5 Å². The van der Waals surface area contributed by atoms with E-state index in [-0.39, 0.29) is 44.5 Å². The quantitative estimate of drug-likeness (QED) is 0.266. The van der Waals surface area contributed by atoms with E-state index in [2.05, 4.69) is 0 Å². The molecule has 4 N–H and O–H groups in total. The summed E-state index contributed by atoms with van der Waals surface area (Å²) in [7, 11) is 0. The fourth-order valence-electron chi connectivity index (χ4n) is 4.56. The van der Waals surface area contributed by atoms with Gasteiger partial charge in [-0.1, -0.05) is 97.1 Å². The molecule has 7 aliphatic rings. The predicted molar refractivity (Wildman–Crippen MR) is 143 cm³/mol. The minimum absolute atomic E-state index is 0.146. The van der Waals surface area contributed by atoms with Crippen LogP contribution in [0.25, 0.3) is 0 Å². The fourth-order valence-corrected chi connectivity index (χ4v) is 4.56. The highest BCUT2D eigenvalue weighted by Crippen LogP contribution is 2.27. The van der Waals surface area contributed by atoms with Gasteiger partial charge in [0.25, 0.3) is 0 Å². The van der Waals surface area contributed by atoms with Crippen LogP contribution in [0.5, 0.6) is 0 Å². The maximum atomic E-state index is 12.9. The Morgan fingerprint density at radius 1 is 0.300 bits per heavy atom. The molecule has 0 amide bonds. The van der Waals surface area contributed by atoms with Crippen LogP contribution in [0.4, 0.5) is 0 Å². The summed E-state index contributed by atoms with van der Waals surface area (Å²) >= 11 is 0. The molecule has 200 valence electrons. The summed E-state index contributed by atoms with van der Waals surface area (Å²) in [5.41, 5.74) is 1.51. The van der Waals surface area contributed by atoms with Gasteiger partial charge in [0.2, 0.25) is 0 Å². The van der Waals surface area contributed by atoms with Crippen LogP contribution >= 0.6 is 0 Å². The fraction of sp³-hybridized carbons (Fsp3) is 0.125. The number of aliphatic hydroxyl groups is 4. The molecule has 4 aromatic carbocycles. The van der Waals surface area contributed by atoms with Crippen LogP contribution < -0.4 is 0 Å². The number of carbonyl (C=O) groups is 4. The molecule has 8 heteroatoms. The van der Waals surface area contributed by atoms with Crippen LogP contribution in [0, 0.1) is 0 Å². The van der Waals surface area contributed by atoms with Crippen molar-refractivity contribution in [2.24, 2.45) is 0 Å². The van der Waals surface area contributed by atoms with E-state index in [0.717, 1.165) is 0 Å². The molecule has 0 aromatic heterocycles. The molecule has 8 bridgehead atoms. The number of hydrogen-bond donors (Lipinski definition) is 4. The van der Waals surface area contributed by atoms with Crippen molar-refractivity contribution < 1.29 is 39.6 Å². The molecule has 4 atom stereocenters. The Balaban J connectivity index is 1.54. The van der Waals surface area contributed by atoms with Crippen LogP contribution in [-0.4, -0.2) is 43.6 Å². The summed E-state index contributed by atoms with van der Waals surface area (Å²) in [5.74, 6) is -2.48. The van der Waals surface area contributed by atoms with E-state index in [1.165, 1.54) is 97.1 Å². The van der Waals surface area contributed by atoms with E-state index in [4.69, 9.17) is 0 Å². The maximum absolute atomic E-state index is 12.9. The smallest absolute Gasteiger partial charge is 0.195 e. The number of ketones is 4. The van der Waals surface area contributed by atoms with Gasteiger partial charge in [-0.3, -0.25) is 19.2 Å². The monoisotopic (exact) mass is 536 g/mol. The van der Waals surface area contributed by atoms with Crippen LogP contribution in [0.15, 0.2) is 97.1 Å². The van der Waals surface area contributed by atoms with Gasteiger partial charge in [0.05, 0.1) is 0 Å². The lowest BCUT2D eigenvalue weighted by Gasteiger charge is -2.15. The first-order valence-electron chi connectivity index (χ1n) is 12.4. The van der Waals surface area contributed by atoms with Crippen molar-refractivity contribution in [3.05, 3.63) is 142 Å². The Bertz CT molecular complexity index is 1340. The average molecular weight is 537 g/mol. The second-order valence-electron chi connectivity index (χ2n) is 9.56. The SMILES string of the molecule is O=C1c2ccc(cc2)[C@@H](O)C(=O)c2ccc(cc2)[C@H](O)C(=O)c2ccc(cc2)[C@@H](O)C(=O)c2ccc(cc2)[C@@H]1O. The van der Waals surface area contributed by atoms with Crippen LogP contribution in [0.3, 0.4) is 0 Å². The molecule has 0 radical (unpaired) electrons. The predicted octanol–water partition coefficient (Wildman–Crippen LogP) is 3.67. The number of hydrogen-bond acceptors (Lipinski definition) is 8. The van der Waals surface area contributed by atoms with Crippen LogP contribution in [0.1, 0.15) is 88.1 Å². The third kappa shape index (κ3) is 5.04. The van der Waals surface area contributed by atoms with Crippen molar-refractivity contribution in [3.63, 3.8) is 0 Å². The number of Topliss-reactive ketones (excluding diaryl/α,β-unsaturated/α-hetero) is 4. The Labute approximate surface area is 228 Å². The molecular formula is C32H24O8. The van der Waals surface area contributed by atoms with Crippen molar-refractivity contribution in [3.8, 4) is 0 Å². The Kier molecular flexibility index (Phi) is 7.34. The number of aliphatic hydroxyl groups excluding tert-OH is 4. The molecule has 4 aromatic rings. The first kappa shape index (κ1) is 27.0. The van der Waals surface area contributed by atoms with Gasteiger partial charge in [0.15, 0.2) is 23.1 Å². The molecule has 8 nitrogen and oxygen atoms in total. The first-order chi connectivity index (χ1) is 19.2. The first-order valence-corrected chi connectivity index (χ1v) is 12.4. The maximum Gasteiger partial charge on any atom is 0.195 e. The summed E-state index contributed by atoms with van der Waals surface area (Å²) < 4.78 is 0. The van der Waals surface area contributed by atoms with Gasteiger partial charge in [-0.25, -0.2) is 0 Å². The standard InChI is InChI=1S/C32H24O8/c33-25-17-1-2-18(4-3-17)26(34)28(36)20-9-11-22(12-10-20)30(38)32(40)24-15-13-23(14-16-24)31(39)29(37)21-7-5-19(6-8-21)27(25)35/h1-16,25,28-29,32-33,36-37,40H/t25-,28+,29+,32-. The summed E-state index contributed by atoms with van der Waals surface area (Å²) in [6.45, 7) is 0. The van der Waals surface area contributed by atoms with Crippen molar-refractivity contribution in [1.29, 1.82) is 0 Å². The lowest BCUT2D eigenvalue weighted by atomic mass is 9.92. The summed E-state index contributed by atoms with van der Waals surface area (Å²) in [6.07, 6.45) is -6.13. The second kappa shape index (κ2) is 10.9. The number of benzene rings is 4. The Morgan fingerprint density at radius 3 is 0.600 bits per heavy atom. The normalized spacial score (nSPS) is 21.7. The van der Waals surface area contributed by atoms with Gasteiger partial charge < -0.3 is 20.4 Å². The van der Waals surface area contributed by atoms with Crippen molar-refractivity contribution >= 4 is 23.1 Å². The van der Waals surface area contributed by atoms with E-state index in [9.17, 15) is 39.6 Å². The number of carbonyl (C=O) groups excluding carboxylic acids is 4. The largest absolute Gasteiger partial charge is 0.380 e. The highest BCUT2D eigenvalue weighted by Gasteiger charge is 2.26. The summed E-state index contributed by atoms with van der Waals surface area (Å²) in [5, 5.41) is 42.5. The average Bonchev–Trinajstić information content (AvgIpc) is 3.02. The van der Waals surface area contributed by atoms with E-state index in [1.807, 2.05) is 0 Å². The molecule has 0 spiro atoms. The zero-order valence-electron chi connectivity index (χ0n) is 21.0. The molecule has 7 aliphatic carbocycles. The molecule has 0 heterocycles. The topological polar surface area (TPSA) is 149 Å². The van der Waals surface area contributed by atoms with Gasteiger partial charge in [0.1, 0.15) is 24.4 Å². The molecule has 0 saturated heterocycles. The molecular weight excluding hydrogens is 512 g/mol. The lowest BCUT2D eigenvalue weighted by Crippen LogP contribution is -2.16. The van der Waals surface area contributed by atoms with Gasteiger partial charge >= 0.3 is 0 Å². The van der Waals surface area contributed by atoms with Crippen LogP contribution in [0.2, 0.25) is 0 Å². The van der Waals surface area contributed by atoms with Gasteiger partial charge in [-0.05, 0) is 22.3 Å². The lowest BCUT2D eigenvalue weighted by molar-refractivity contribution is 0.0743. The van der Waals surface area contributed by atoms with E-state index >= 15 is 0 Å². The Hall–Kier alpha value is -4.60. The molecule has 40 heavy (non-hydrogen) atoms. The third-order valence-electron chi connectivity index (χ3n) is 7.04. The van der Waals surface area contributed by atoms with Crippen molar-refractivity contribution in [1.82, 2.24) is 0 Å².